The fourth-order valence-electron chi connectivity index (χ4n) is 2.61. The molecule has 7 nitrogen and oxygen atoms in total. The van der Waals surface area contributed by atoms with Gasteiger partial charge in [0.05, 0.1) is 19.7 Å². The van der Waals surface area contributed by atoms with Crippen LogP contribution >= 0.6 is 11.6 Å². The van der Waals surface area contributed by atoms with Crippen molar-refractivity contribution >= 4 is 39.9 Å². The first-order valence-electron chi connectivity index (χ1n) is 8.11. The van der Waals surface area contributed by atoms with Crippen molar-refractivity contribution in [3.63, 3.8) is 0 Å². The second-order valence-corrected chi connectivity index (χ2v) is 6.31. The Morgan fingerprint density at radius 2 is 1.67 bits per heavy atom. The molecule has 1 aromatic heterocycles. The van der Waals surface area contributed by atoms with Gasteiger partial charge in [-0.15, -0.1) is 0 Å². The van der Waals surface area contributed by atoms with Crippen LogP contribution < -0.4 is 14.8 Å². The number of fused-ring (bicyclic) bond motifs is 1. The highest BCUT2D eigenvalue weighted by molar-refractivity contribution is 6.28. The van der Waals surface area contributed by atoms with Gasteiger partial charge in [-0.25, -0.2) is 4.98 Å². The van der Waals surface area contributed by atoms with E-state index in [0.29, 0.717) is 28.4 Å². The minimum absolute atomic E-state index is 0.0612. The molecule has 0 radical (unpaired) electrons. The fourth-order valence-corrected chi connectivity index (χ4v) is 2.79. The van der Waals surface area contributed by atoms with Crippen molar-refractivity contribution in [3.05, 3.63) is 47.2 Å². The summed E-state index contributed by atoms with van der Waals surface area (Å²) in [4.78, 5) is 22.1. The van der Waals surface area contributed by atoms with Gasteiger partial charge in [0.15, 0.2) is 11.5 Å². The molecule has 0 bridgehead atoms. The van der Waals surface area contributed by atoms with Gasteiger partial charge in [-0.1, -0.05) is 0 Å². The molecule has 1 N–H and O–H groups in total. The molecule has 0 atom stereocenters. The summed E-state index contributed by atoms with van der Waals surface area (Å²) in [5.41, 5.74) is 1.98. The van der Waals surface area contributed by atoms with E-state index in [0.717, 1.165) is 11.1 Å². The molecule has 1 amide bonds. The van der Waals surface area contributed by atoms with Crippen LogP contribution in [-0.4, -0.2) is 49.1 Å². The molecule has 0 aliphatic heterocycles. The van der Waals surface area contributed by atoms with Crippen LogP contribution in [0.25, 0.3) is 10.9 Å². The summed E-state index contributed by atoms with van der Waals surface area (Å²) in [7, 11) is 6.55. The van der Waals surface area contributed by atoms with Crippen molar-refractivity contribution in [1.29, 1.82) is 0 Å². The number of carbonyl (C=O) groups is 1. The van der Waals surface area contributed by atoms with Crippen molar-refractivity contribution in [2.24, 2.45) is 0 Å². The number of hydrogen-bond acceptors (Lipinski definition) is 6. The summed E-state index contributed by atoms with van der Waals surface area (Å²) in [6.45, 7) is 0. The average molecular weight is 387 g/mol. The molecule has 2 aromatic carbocycles. The first-order valence-corrected chi connectivity index (χ1v) is 8.48. The predicted molar refractivity (Wildman–Crippen MR) is 105 cm³/mol. The third-order valence-electron chi connectivity index (χ3n) is 3.97. The van der Waals surface area contributed by atoms with Crippen LogP contribution in [-0.2, 0) is 0 Å². The maximum absolute atomic E-state index is 12.0. The number of hydrogen-bond donors (Lipinski definition) is 1. The molecule has 3 rings (SSSR count). The predicted octanol–water partition coefficient (Wildman–Crippen LogP) is 3.75. The van der Waals surface area contributed by atoms with Gasteiger partial charge in [-0.05, 0) is 41.9 Å². The lowest BCUT2D eigenvalue weighted by Gasteiger charge is -2.13. The van der Waals surface area contributed by atoms with Gasteiger partial charge in [-0.3, -0.25) is 4.79 Å². The van der Waals surface area contributed by atoms with Crippen LogP contribution in [0.15, 0.2) is 36.4 Å². The van der Waals surface area contributed by atoms with E-state index in [1.807, 2.05) is 0 Å². The van der Waals surface area contributed by atoms with E-state index in [-0.39, 0.29) is 11.2 Å². The van der Waals surface area contributed by atoms with Crippen molar-refractivity contribution in [1.82, 2.24) is 14.9 Å². The lowest BCUT2D eigenvalue weighted by atomic mass is 10.1. The minimum atomic E-state index is -0.0612. The van der Waals surface area contributed by atoms with E-state index in [4.69, 9.17) is 21.1 Å². The largest absolute Gasteiger partial charge is 0.493 e. The van der Waals surface area contributed by atoms with Gasteiger partial charge in [0.25, 0.3) is 5.91 Å². The molecule has 0 aliphatic carbocycles. The number of nitrogens with zero attached hydrogens (tertiary/aromatic N) is 3. The van der Waals surface area contributed by atoms with Crippen LogP contribution in [0.4, 0.5) is 11.5 Å². The standard InChI is InChI=1S/C19H19ClN4O3/c1-24(2)18(25)11-5-7-12(8-6-11)21-17-13-9-15(26-3)16(27-4)10-14(13)22-19(20)23-17/h5-10H,1-4H3,(H,21,22,23). The molecular weight excluding hydrogens is 368 g/mol. The Hall–Kier alpha value is -3.06. The number of halogens is 1. The molecule has 3 aromatic rings. The van der Waals surface area contributed by atoms with Crippen molar-refractivity contribution in [3.8, 4) is 11.5 Å². The number of amides is 1. The second kappa shape index (κ2) is 7.67. The molecule has 27 heavy (non-hydrogen) atoms. The van der Waals surface area contributed by atoms with Gasteiger partial charge >= 0.3 is 0 Å². The van der Waals surface area contributed by atoms with Crippen LogP contribution in [0.5, 0.6) is 11.5 Å². The van der Waals surface area contributed by atoms with E-state index in [9.17, 15) is 4.79 Å². The quantitative estimate of drug-likeness (QED) is 0.673. The maximum atomic E-state index is 12.0. The summed E-state index contributed by atoms with van der Waals surface area (Å²) in [5, 5.41) is 4.05. The average Bonchev–Trinajstić information content (AvgIpc) is 2.66. The van der Waals surface area contributed by atoms with Gasteiger partial charge < -0.3 is 19.7 Å². The molecule has 0 unspecified atom stereocenters. The Balaban J connectivity index is 2.00. The fraction of sp³-hybridized carbons (Fsp3) is 0.211. The minimum Gasteiger partial charge on any atom is -0.493 e. The number of methoxy groups -OCH3 is 2. The van der Waals surface area contributed by atoms with E-state index in [2.05, 4.69) is 15.3 Å². The third kappa shape index (κ3) is 3.88. The Morgan fingerprint density at radius 3 is 2.26 bits per heavy atom. The first-order chi connectivity index (χ1) is 12.9. The Morgan fingerprint density at radius 1 is 1.04 bits per heavy atom. The van der Waals surface area contributed by atoms with Gasteiger partial charge in [0.1, 0.15) is 5.82 Å². The van der Waals surface area contributed by atoms with Crippen LogP contribution in [0.2, 0.25) is 5.28 Å². The van der Waals surface area contributed by atoms with E-state index < -0.39 is 0 Å². The molecule has 0 saturated carbocycles. The van der Waals surface area contributed by atoms with Gasteiger partial charge in [0.2, 0.25) is 5.28 Å². The summed E-state index contributed by atoms with van der Waals surface area (Å²) in [6, 6.07) is 10.6. The van der Waals surface area contributed by atoms with Crippen molar-refractivity contribution in [2.75, 3.05) is 33.6 Å². The summed E-state index contributed by atoms with van der Waals surface area (Å²) < 4.78 is 10.7. The molecule has 140 valence electrons. The highest BCUT2D eigenvalue weighted by atomic mass is 35.5. The van der Waals surface area contributed by atoms with Crippen molar-refractivity contribution in [2.45, 2.75) is 0 Å². The number of nitrogens with one attached hydrogen (secondary N) is 1. The highest BCUT2D eigenvalue weighted by Crippen LogP contribution is 2.35. The second-order valence-electron chi connectivity index (χ2n) is 5.97. The normalized spacial score (nSPS) is 10.6. The smallest absolute Gasteiger partial charge is 0.253 e. The van der Waals surface area contributed by atoms with Crippen LogP contribution in [0.1, 0.15) is 10.4 Å². The lowest BCUT2D eigenvalue weighted by Crippen LogP contribution is -2.21. The number of ether oxygens (including phenoxy) is 2. The maximum Gasteiger partial charge on any atom is 0.253 e. The topological polar surface area (TPSA) is 76.6 Å². The Bertz CT molecular complexity index is 990. The SMILES string of the molecule is COc1cc2nc(Cl)nc(Nc3ccc(C(=O)N(C)C)cc3)c2cc1OC. The van der Waals surface area contributed by atoms with E-state index in [1.54, 1.807) is 64.7 Å². The first kappa shape index (κ1) is 18.7. The zero-order valence-corrected chi connectivity index (χ0v) is 16.2. The van der Waals surface area contributed by atoms with E-state index in [1.165, 1.54) is 4.90 Å². The highest BCUT2D eigenvalue weighted by Gasteiger charge is 2.13. The third-order valence-corrected chi connectivity index (χ3v) is 4.14. The molecule has 0 saturated heterocycles. The van der Waals surface area contributed by atoms with E-state index >= 15 is 0 Å². The monoisotopic (exact) mass is 386 g/mol. The molecule has 8 heteroatoms. The number of benzene rings is 2. The Kier molecular flexibility index (Phi) is 5.32. The van der Waals surface area contributed by atoms with Crippen molar-refractivity contribution < 1.29 is 14.3 Å². The number of anilines is 2. The molecule has 1 heterocycles. The summed E-state index contributed by atoms with van der Waals surface area (Å²) in [5.74, 6) is 1.58. The van der Waals surface area contributed by atoms with Crippen LogP contribution in [0.3, 0.4) is 0 Å². The molecular formula is C19H19ClN4O3. The summed E-state index contributed by atoms with van der Waals surface area (Å²) >= 11 is 6.08. The summed E-state index contributed by atoms with van der Waals surface area (Å²) in [6.07, 6.45) is 0. The molecule has 0 fully saturated rings. The Labute approximate surface area is 161 Å². The number of rotatable bonds is 5. The molecule has 0 aliphatic rings. The zero-order valence-electron chi connectivity index (χ0n) is 15.4. The van der Waals surface area contributed by atoms with Crippen LogP contribution in [0, 0.1) is 0 Å². The van der Waals surface area contributed by atoms with Gasteiger partial charge in [-0.2, -0.15) is 4.98 Å². The number of carbonyl (C=O) groups excluding carboxylic acids is 1. The molecule has 0 spiro atoms. The van der Waals surface area contributed by atoms with Gasteiger partial charge in [0, 0.05) is 36.8 Å². The zero-order chi connectivity index (χ0) is 19.6. The lowest BCUT2D eigenvalue weighted by molar-refractivity contribution is 0.0827. The number of aromatic nitrogens is 2.